The van der Waals surface area contributed by atoms with Gasteiger partial charge in [-0.05, 0) is 66.4 Å². The number of carbonyl (C=O) groups excluding carboxylic acids is 1. The smallest absolute Gasteiger partial charge is 0.744 e. The van der Waals surface area contributed by atoms with Crippen molar-refractivity contribution >= 4 is 80.0 Å². The van der Waals surface area contributed by atoms with Gasteiger partial charge in [-0.15, -0.1) is 15.3 Å². The number of nitrogens with one attached hydrogen (secondary N) is 1. The average Bonchev–Trinajstić information content (AvgIpc) is 3.42. The number of phenols is 2. The first kappa shape index (κ1) is 59.6. The monoisotopic (exact) mass is 1010 g/mol. The first-order chi connectivity index (χ1) is 25.9. The van der Waals surface area contributed by atoms with Crippen LogP contribution >= 0.6 is 0 Å². The molecule has 0 atom stereocenters. The minimum atomic E-state index is -5.39. The summed E-state index contributed by atoms with van der Waals surface area (Å²) in [5.41, 5.74) is -4.65. The fourth-order valence-electron chi connectivity index (χ4n) is 4.93. The third-order valence-electron chi connectivity index (χ3n) is 7.47. The van der Waals surface area contributed by atoms with Crippen LogP contribution in [0.25, 0.3) is 16.5 Å². The van der Waals surface area contributed by atoms with Crippen LogP contribution in [-0.2, 0) is 61.7 Å². The number of aromatic hydroxyl groups is 2. The van der Waals surface area contributed by atoms with Gasteiger partial charge in [-0.3, -0.25) is 14.1 Å². The number of hydrogen-bond acceptors (Lipinski definition) is 21. The minimum absolute atomic E-state index is 0. The number of H-pyrrole nitrogens is 1. The molecule has 0 bridgehead atoms. The second-order valence-corrected chi connectivity index (χ2v) is 17.1. The molecule has 0 saturated carbocycles. The number of phenolic OH excluding ortho intramolecular Hbond substituents is 2. The number of benzene rings is 4. The number of fused-ring (bicyclic) bond motifs is 1. The summed E-state index contributed by atoms with van der Waals surface area (Å²) in [6.45, 7) is 0.199. The summed E-state index contributed by atoms with van der Waals surface area (Å²) in [6, 6.07) is 9.63. The number of aryl methyl sites for hydroxylation is 1. The molecule has 3 N–H and O–H groups in total. The molecule has 0 fully saturated rings. The van der Waals surface area contributed by atoms with Crippen molar-refractivity contribution in [2.75, 3.05) is 12.4 Å². The number of azo groups is 2. The Morgan fingerprint density at radius 1 is 0.770 bits per heavy atom. The number of hydrogen-bond donors (Lipinski definition) is 3. The number of aromatic amines is 1. The van der Waals surface area contributed by atoms with Crippen LogP contribution < -0.4 is 129 Å². The van der Waals surface area contributed by atoms with Gasteiger partial charge in [0.2, 0.25) is 10.4 Å². The quantitative estimate of drug-likeness (QED) is 0.0427. The van der Waals surface area contributed by atoms with E-state index in [0.29, 0.717) is 10.7 Å². The van der Waals surface area contributed by atoms with E-state index in [0.717, 1.165) is 48.5 Å². The molecule has 0 amide bonds. The van der Waals surface area contributed by atoms with E-state index in [9.17, 15) is 72.2 Å². The van der Waals surface area contributed by atoms with Gasteiger partial charge in [0.1, 0.15) is 43.1 Å². The predicted molar refractivity (Wildman–Crippen MR) is 181 cm³/mol. The Balaban J connectivity index is 0.00000720. The first-order valence-corrected chi connectivity index (χ1v) is 20.6. The minimum Gasteiger partial charge on any atom is -0.744 e. The molecule has 61 heavy (non-hydrogen) atoms. The second-order valence-electron chi connectivity index (χ2n) is 11.2. The molecule has 0 unspecified atom stereocenters. The Morgan fingerprint density at radius 3 is 1.90 bits per heavy atom. The van der Waals surface area contributed by atoms with E-state index in [2.05, 4.69) is 29.7 Å². The molecule has 32 heteroatoms. The summed E-state index contributed by atoms with van der Waals surface area (Å²) in [4.78, 5) is 22.6. The van der Waals surface area contributed by atoms with E-state index in [1.165, 1.54) is 13.0 Å². The van der Waals surface area contributed by atoms with Gasteiger partial charge in [0.05, 0.1) is 44.4 Å². The molecule has 5 rings (SSSR count). The van der Waals surface area contributed by atoms with Crippen molar-refractivity contribution in [3.8, 4) is 17.2 Å². The third kappa shape index (κ3) is 14.5. The van der Waals surface area contributed by atoms with E-state index >= 15 is 0 Å². The summed E-state index contributed by atoms with van der Waals surface area (Å²) in [7, 11) is -19.8. The van der Waals surface area contributed by atoms with Crippen LogP contribution in [0.5, 0.6) is 11.5 Å². The van der Waals surface area contributed by atoms with Crippen molar-refractivity contribution in [2.45, 2.75) is 21.6 Å². The van der Waals surface area contributed by atoms with Gasteiger partial charge in [-0.1, -0.05) is 6.07 Å². The normalized spacial score (nSPS) is 11.9. The molecular weight excluding hydrogens is 988 g/mol. The van der Waals surface area contributed by atoms with E-state index in [1.807, 2.05) is 0 Å². The summed E-state index contributed by atoms with van der Waals surface area (Å²) in [5, 5.41) is 50.0. The van der Waals surface area contributed by atoms with Gasteiger partial charge in [-0.25, -0.2) is 38.4 Å². The van der Waals surface area contributed by atoms with Gasteiger partial charge in [0.15, 0.2) is 21.3 Å². The van der Waals surface area contributed by atoms with Crippen molar-refractivity contribution in [1.82, 2.24) is 9.78 Å². The summed E-state index contributed by atoms with van der Waals surface area (Å²) in [6.07, 6.45) is 0. The number of carboxylic acid groups (broad SMARTS) is 1. The molecule has 0 aliphatic carbocycles. The average molecular weight is 1010 g/mol. The number of sulfone groups is 1. The van der Waals surface area contributed by atoms with E-state index in [1.54, 1.807) is 0 Å². The number of aromatic carboxylic acids is 1. The zero-order valence-electron chi connectivity index (χ0n) is 31.9. The van der Waals surface area contributed by atoms with E-state index in [-0.39, 0.29) is 163 Å². The maximum atomic E-state index is 13.1. The number of aromatic nitrogens is 2. The van der Waals surface area contributed by atoms with Crippen LogP contribution in [0.1, 0.15) is 16.1 Å². The summed E-state index contributed by atoms with van der Waals surface area (Å²) < 4.78 is 132. The zero-order chi connectivity index (χ0) is 41.5. The van der Waals surface area contributed by atoms with Gasteiger partial charge in [0, 0.05) is 28.5 Å². The van der Waals surface area contributed by atoms with E-state index in [4.69, 9.17) is 0 Å². The van der Waals surface area contributed by atoms with Crippen molar-refractivity contribution in [1.29, 1.82) is 0 Å². The number of rotatable bonds is 13. The summed E-state index contributed by atoms with van der Waals surface area (Å²) >= 11 is 0. The third-order valence-corrected chi connectivity index (χ3v) is 11.4. The predicted octanol–water partition coefficient (Wildman–Crippen LogP) is -10.7. The first-order valence-electron chi connectivity index (χ1n) is 14.8. The van der Waals surface area contributed by atoms with Crippen LogP contribution in [0.3, 0.4) is 0 Å². The fourth-order valence-corrected chi connectivity index (χ4v) is 7.80. The fraction of sp³-hybridized carbons (Fsp3) is 0.103. The molecule has 5 aromatic rings. The van der Waals surface area contributed by atoms with Crippen LogP contribution in [0, 0.1) is 6.92 Å². The van der Waals surface area contributed by atoms with Crippen molar-refractivity contribution < 1.29 is 207 Å². The Labute approximate surface area is 444 Å². The van der Waals surface area contributed by atoms with Gasteiger partial charge >= 0.3 is 118 Å². The Morgan fingerprint density at radius 2 is 1.36 bits per heavy atom. The number of carboxylic acids is 1. The molecule has 307 valence electrons. The van der Waals surface area contributed by atoms with E-state index < -0.39 is 113 Å². The van der Waals surface area contributed by atoms with Crippen molar-refractivity contribution in [3.63, 3.8) is 0 Å². The Kier molecular flexibility index (Phi) is 22.6. The number of nitrogens with zero attached hydrogens (tertiary/aromatic N) is 5. The maximum absolute atomic E-state index is 13.1. The largest absolute Gasteiger partial charge is 1.00 e. The van der Waals surface area contributed by atoms with Crippen molar-refractivity contribution in [3.05, 3.63) is 82.3 Å². The Hall–Kier alpha value is -1.42. The van der Waals surface area contributed by atoms with Crippen LogP contribution in [0.15, 0.2) is 101 Å². The second kappa shape index (κ2) is 23.2. The number of carbonyl (C=O) groups is 1. The van der Waals surface area contributed by atoms with Crippen LogP contribution in [-0.4, -0.2) is 85.7 Å². The molecule has 0 aliphatic rings. The molecule has 0 saturated heterocycles. The van der Waals surface area contributed by atoms with Crippen LogP contribution in [0.4, 0.5) is 22.7 Å². The molecule has 1 radical (unpaired) electrons. The molecule has 4 aromatic carbocycles. The maximum Gasteiger partial charge on any atom is 1.00 e. The van der Waals surface area contributed by atoms with Gasteiger partial charge < -0.3 is 33.8 Å². The van der Waals surface area contributed by atoms with Gasteiger partial charge in [0.25, 0.3) is 5.56 Å². The molecule has 0 aliphatic heterocycles. The Bertz CT molecular complexity index is 3040. The standard InChI is InChI=1S/C29H24N6O17S4.Cu.4Na/c1-14-10-20(21(36)13-22(14)53(41,42)9-8-52-56(49,50)51)31-32-24-23(55(46,47)48)11-15-2-3-16(12-19(15)27(24)37)30-33-25-26(29(39)40)34-35(28(25)38)17-4-6-18(7-5-17)54(43,44)45;;;;;/h2-7,10-13,34,36-37H,8-9H2,1H3,(H,39,40)(H,43,44,45)(H,46,47,48)(H,49,50,51);;;;;/q;;4*+1/p-4. The molecule has 23 nitrogen and oxygen atoms in total. The van der Waals surface area contributed by atoms with Crippen LogP contribution in [0.2, 0.25) is 0 Å². The molecule has 1 aromatic heterocycles. The van der Waals surface area contributed by atoms with Gasteiger partial charge in [-0.2, -0.15) is 5.11 Å². The topological polar surface area (TPSA) is 383 Å². The SMILES string of the molecule is Cc1cc(N=Nc2c(S(=O)(=O)[O-])cc3ccc(N=Nc4c(C(=O)[O-])[nH]n(-c5ccc(S(=O)(=O)[O-])cc5)c4=O)cc3c2O)c(O)cc1S(=O)(=O)CCOS(=O)(=O)[O-].[Cu].[Na+].[Na+].[Na+].[Na+]. The summed E-state index contributed by atoms with van der Waals surface area (Å²) in [5.74, 6) is -4.74. The molecule has 1 heterocycles. The molecular formula is C29H20CuN6Na4O17S4. The zero-order valence-corrected chi connectivity index (χ0v) is 44.1. The molecule has 0 spiro atoms. The van der Waals surface area contributed by atoms with Crippen molar-refractivity contribution in [2.24, 2.45) is 20.5 Å².